The monoisotopic (exact) mass is 612 g/mol. The summed E-state index contributed by atoms with van der Waals surface area (Å²) < 4.78 is 2.47. The number of fused-ring (bicyclic) bond motifs is 4. The molecule has 0 saturated heterocycles. The molecule has 9 rings (SSSR count). The predicted molar refractivity (Wildman–Crippen MR) is 204 cm³/mol. The Labute approximate surface area is 280 Å². The Hall–Kier alpha value is -6.38. The normalized spacial score (nSPS) is 11.3. The number of aromatic nitrogens is 1. The van der Waals surface area contributed by atoms with Crippen LogP contribution in [0.15, 0.2) is 194 Å². The minimum Gasteiger partial charge on any atom is -0.310 e. The Kier molecular flexibility index (Phi) is 6.84. The molecule has 2 heteroatoms. The van der Waals surface area contributed by atoms with Crippen molar-refractivity contribution in [2.75, 3.05) is 4.90 Å². The van der Waals surface area contributed by atoms with E-state index in [1.165, 1.54) is 54.8 Å². The molecule has 0 saturated carbocycles. The van der Waals surface area contributed by atoms with Crippen LogP contribution in [0.2, 0.25) is 0 Å². The Morgan fingerprint density at radius 1 is 0.312 bits per heavy atom. The van der Waals surface area contributed by atoms with Crippen LogP contribution in [-0.4, -0.2) is 4.57 Å². The van der Waals surface area contributed by atoms with Crippen LogP contribution < -0.4 is 4.90 Å². The molecule has 0 amide bonds. The number of hydrogen-bond donors (Lipinski definition) is 0. The van der Waals surface area contributed by atoms with Crippen molar-refractivity contribution in [2.24, 2.45) is 0 Å². The van der Waals surface area contributed by atoms with E-state index in [4.69, 9.17) is 0 Å². The van der Waals surface area contributed by atoms with E-state index in [0.717, 1.165) is 22.7 Å². The molecule has 0 N–H and O–H groups in total. The molecular weight excluding hydrogens is 581 g/mol. The van der Waals surface area contributed by atoms with Gasteiger partial charge in [0.2, 0.25) is 0 Å². The fraction of sp³-hybridized carbons (Fsp3) is 0. The van der Waals surface area contributed by atoms with Gasteiger partial charge in [0.25, 0.3) is 0 Å². The lowest BCUT2D eigenvalue weighted by Gasteiger charge is -2.25. The van der Waals surface area contributed by atoms with E-state index in [1.54, 1.807) is 0 Å². The molecule has 0 aliphatic carbocycles. The van der Waals surface area contributed by atoms with E-state index in [0.29, 0.717) is 0 Å². The first-order chi connectivity index (χ1) is 23.8. The Balaban J connectivity index is 1.37. The molecule has 226 valence electrons. The van der Waals surface area contributed by atoms with Gasteiger partial charge in [-0.25, -0.2) is 0 Å². The molecule has 0 aliphatic heterocycles. The second kappa shape index (κ2) is 11.8. The number of benzene rings is 8. The summed E-state index contributed by atoms with van der Waals surface area (Å²) in [7, 11) is 0. The zero-order chi connectivity index (χ0) is 31.9. The highest BCUT2D eigenvalue weighted by Gasteiger charge is 2.19. The van der Waals surface area contributed by atoms with Crippen LogP contribution in [-0.2, 0) is 0 Å². The second-order valence-corrected chi connectivity index (χ2v) is 12.3. The van der Waals surface area contributed by atoms with Gasteiger partial charge in [0.15, 0.2) is 0 Å². The van der Waals surface area contributed by atoms with Gasteiger partial charge in [-0.15, -0.1) is 0 Å². The lowest BCUT2D eigenvalue weighted by atomic mass is 9.98. The molecular formula is C46H32N2. The first kappa shape index (κ1) is 27.9. The van der Waals surface area contributed by atoms with Crippen LogP contribution in [0.5, 0.6) is 0 Å². The molecule has 0 fully saturated rings. The van der Waals surface area contributed by atoms with Crippen molar-refractivity contribution in [2.45, 2.75) is 0 Å². The van der Waals surface area contributed by atoms with Crippen LogP contribution in [0.25, 0.3) is 60.5 Å². The van der Waals surface area contributed by atoms with Gasteiger partial charge in [0, 0.05) is 33.5 Å². The Morgan fingerprint density at radius 2 is 0.792 bits per heavy atom. The van der Waals surface area contributed by atoms with Gasteiger partial charge in [-0.3, -0.25) is 0 Å². The van der Waals surface area contributed by atoms with Gasteiger partial charge in [-0.05, 0) is 99.8 Å². The maximum Gasteiger partial charge on any atom is 0.0561 e. The van der Waals surface area contributed by atoms with Gasteiger partial charge in [-0.2, -0.15) is 0 Å². The number of nitrogens with zero attached hydrogens (tertiary/aromatic N) is 2. The lowest BCUT2D eigenvalue weighted by Crippen LogP contribution is -2.09. The van der Waals surface area contributed by atoms with Crippen LogP contribution in [0.4, 0.5) is 17.1 Å². The Morgan fingerprint density at radius 3 is 1.35 bits per heavy atom. The van der Waals surface area contributed by atoms with Gasteiger partial charge >= 0.3 is 0 Å². The van der Waals surface area contributed by atoms with Gasteiger partial charge in [-0.1, -0.05) is 127 Å². The van der Waals surface area contributed by atoms with E-state index in [1.807, 2.05) is 0 Å². The van der Waals surface area contributed by atoms with Crippen molar-refractivity contribution >= 4 is 49.6 Å². The molecule has 48 heavy (non-hydrogen) atoms. The quantitative estimate of drug-likeness (QED) is 0.181. The molecule has 0 spiro atoms. The fourth-order valence-electron chi connectivity index (χ4n) is 7.04. The fourth-order valence-corrected chi connectivity index (χ4v) is 7.04. The molecule has 0 aliphatic rings. The molecule has 0 bridgehead atoms. The molecule has 2 nitrogen and oxygen atoms in total. The lowest BCUT2D eigenvalue weighted by molar-refractivity contribution is 1.18. The van der Waals surface area contributed by atoms with Gasteiger partial charge in [0.05, 0.1) is 11.0 Å². The number of rotatable bonds is 6. The van der Waals surface area contributed by atoms with E-state index < -0.39 is 0 Å². The zero-order valence-corrected chi connectivity index (χ0v) is 26.4. The maximum atomic E-state index is 2.47. The van der Waals surface area contributed by atoms with Gasteiger partial charge < -0.3 is 9.47 Å². The number of para-hydroxylation sites is 2. The van der Waals surface area contributed by atoms with E-state index >= 15 is 0 Å². The summed E-state index contributed by atoms with van der Waals surface area (Å²) in [6.45, 7) is 0. The molecule has 0 atom stereocenters. The van der Waals surface area contributed by atoms with E-state index in [2.05, 4.69) is 204 Å². The molecule has 8 aromatic carbocycles. The van der Waals surface area contributed by atoms with Crippen LogP contribution >= 0.6 is 0 Å². The third-order valence-electron chi connectivity index (χ3n) is 9.29. The number of hydrogen-bond acceptors (Lipinski definition) is 1. The predicted octanol–water partition coefficient (Wildman–Crippen LogP) is 12.7. The summed E-state index contributed by atoms with van der Waals surface area (Å²) in [5.41, 5.74) is 11.6. The molecule has 0 radical (unpaired) electrons. The van der Waals surface area contributed by atoms with Crippen molar-refractivity contribution in [1.82, 2.24) is 4.57 Å². The Bertz CT molecular complexity index is 2440. The average Bonchev–Trinajstić information content (AvgIpc) is 3.48. The van der Waals surface area contributed by atoms with Crippen LogP contribution in [0.1, 0.15) is 0 Å². The largest absolute Gasteiger partial charge is 0.310 e. The van der Waals surface area contributed by atoms with Crippen LogP contribution in [0, 0.1) is 0 Å². The van der Waals surface area contributed by atoms with Crippen molar-refractivity contribution in [3.63, 3.8) is 0 Å². The minimum absolute atomic E-state index is 1.11. The smallest absolute Gasteiger partial charge is 0.0561 e. The third kappa shape index (κ3) is 4.92. The first-order valence-electron chi connectivity index (χ1n) is 16.4. The highest BCUT2D eigenvalue weighted by atomic mass is 15.1. The summed E-state index contributed by atoms with van der Waals surface area (Å²) in [5.74, 6) is 0. The summed E-state index contributed by atoms with van der Waals surface area (Å²) in [5, 5.41) is 4.94. The van der Waals surface area contributed by atoms with Crippen molar-refractivity contribution < 1.29 is 0 Å². The van der Waals surface area contributed by atoms with Gasteiger partial charge in [0.1, 0.15) is 0 Å². The summed E-state index contributed by atoms with van der Waals surface area (Å²) in [6.07, 6.45) is 0. The summed E-state index contributed by atoms with van der Waals surface area (Å²) in [4.78, 5) is 2.34. The third-order valence-corrected chi connectivity index (χ3v) is 9.29. The summed E-state index contributed by atoms with van der Waals surface area (Å²) >= 11 is 0. The molecule has 1 aromatic heterocycles. The topological polar surface area (TPSA) is 8.17 Å². The second-order valence-electron chi connectivity index (χ2n) is 12.3. The zero-order valence-electron chi connectivity index (χ0n) is 26.4. The standard InChI is InChI=1S/C46H32N2/c1-5-15-33(16-6-1)37-27-38(34-17-7-2-8-18-34)29-42(28-37)48-45-31-36-20-14-13-19-35(36)30-44(45)43-26-25-41(32-46(43)48)47(39-21-9-3-10-22-39)40-23-11-4-12-24-40/h1-32H. The highest BCUT2D eigenvalue weighted by molar-refractivity contribution is 6.14. The van der Waals surface area contributed by atoms with Crippen molar-refractivity contribution in [1.29, 1.82) is 0 Å². The summed E-state index contributed by atoms with van der Waals surface area (Å²) in [6, 6.07) is 70.0. The van der Waals surface area contributed by atoms with Crippen LogP contribution in [0.3, 0.4) is 0 Å². The number of anilines is 3. The minimum atomic E-state index is 1.11. The first-order valence-corrected chi connectivity index (χ1v) is 16.4. The molecule has 0 unspecified atom stereocenters. The average molecular weight is 613 g/mol. The molecule has 9 aromatic rings. The SMILES string of the molecule is c1ccc(-c2cc(-c3ccccc3)cc(-n3c4cc(N(c5ccccc5)c5ccccc5)ccc4c4cc5ccccc5cc43)c2)cc1. The maximum absolute atomic E-state index is 2.47. The van der Waals surface area contributed by atoms with Crippen molar-refractivity contribution in [3.05, 3.63) is 194 Å². The van der Waals surface area contributed by atoms with E-state index in [-0.39, 0.29) is 0 Å². The van der Waals surface area contributed by atoms with Crippen molar-refractivity contribution in [3.8, 4) is 27.9 Å². The highest BCUT2D eigenvalue weighted by Crippen LogP contribution is 2.41. The molecule has 1 heterocycles. The van der Waals surface area contributed by atoms with E-state index in [9.17, 15) is 0 Å².